The van der Waals surface area contributed by atoms with Gasteiger partial charge >= 0.3 is 0 Å². The maximum atomic E-state index is 14.8. The minimum absolute atomic E-state index is 0.0675. The molecule has 0 radical (unpaired) electrons. The molecular weight excluding hydrogens is 405 g/mol. The fraction of sp³-hybridized carbons (Fsp3) is 0.333. The standard InChI is InChI=1S/C24H23F3N2O2/c1-3-11-29-13(2)19(20-17(26)9-10-18(27)21(20)24(29)31)23(30)28-22(14-7-8-14)15-5-4-6-16(25)12-15/h4-6,9-10,12,14,22H,3,7-8,11H2,1-2H3,(H,28,30)/t22-/m0/s1. The Morgan fingerprint density at radius 2 is 1.81 bits per heavy atom. The molecule has 4 rings (SSSR count). The van der Waals surface area contributed by atoms with Gasteiger partial charge < -0.3 is 9.88 Å². The second-order valence-electron chi connectivity index (χ2n) is 8.04. The van der Waals surface area contributed by atoms with Gasteiger partial charge in [-0.2, -0.15) is 0 Å². The van der Waals surface area contributed by atoms with E-state index < -0.39 is 40.3 Å². The lowest BCUT2D eigenvalue weighted by molar-refractivity contribution is 0.0931. The van der Waals surface area contributed by atoms with Crippen molar-refractivity contribution in [1.82, 2.24) is 9.88 Å². The molecule has 0 aliphatic heterocycles. The average molecular weight is 428 g/mol. The highest BCUT2D eigenvalue weighted by molar-refractivity contribution is 6.08. The summed E-state index contributed by atoms with van der Waals surface area (Å²) in [5.41, 5.74) is 0.162. The SMILES string of the molecule is CCCn1c(C)c(C(=O)N[C@H](c2cccc(F)c2)C2CC2)c2c(F)ccc(F)c2c1=O. The fourth-order valence-corrected chi connectivity index (χ4v) is 4.20. The number of fused-ring (bicyclic) bond motifs is 1. The first-order valence-corrected chi connectivity index (χ1v) is 10.4. The van der Waals surface area contributed by atoms with Gasteiger partial charge in [0.2, 0.25) is 0 Å². The number of benzene rings is 2. The summed E-state index contributed by atoms with van der Waals surface area (Å²) in [6, 6.07) is 7.35. The number of amides is 1. The molecule has 1 aliphatic carbocycles. The molecule has 0 unspecified atom stereocenters. The maximum Gasteiger partial charge on any atom is 0.261 e. The van der Waals surface area contributed by atoms with E-state index in [1.165, 1.54) is 16.7 Å². The monoisotopic (exact) mass is 428 g/mol. The van der Waals surface area contributed by atoms with Crippen LogP contribution in [0.4, 0.5) is 13.2 Å². The first-order chi connectivity index (χ1) is 14.8. The van der Waals surface area contributed by atoms with Crippen LogP contribution in [0.15, 0.2) is 41.2 Å². The van der Waals surface area contributed by atoms with Crippen LogP contribution in [0.2, 0.25) is 0 Å². The van der Waals surface area contributed by atoms with Crippen LogP contribution in [0.25, 0.3) is 10.8 Å². The zero-order valence-corrected chi connectivity index (χ0v) is 17.3. The lowest BCUT2D eigenvalue weighted by atomic mass is 9.99. The van der Waals surface area contributed by atoms with Gasteiger partial charge in [0.15, 0.2) is 0 Å². The number of aromatic nitrogens is 1. The molecule has 1 aromatic heterocycles. The Labute approximate surface area is 177 Å². The number of rotatable bonds is 6. The summed E-state index contributed by atoms with van der Waals surface area (Å²) in [6.07, 6.45) is 2.33. The van der Waals surface area contributed by atoms with E-state index in [2.05, 4.69) is 5.32 Å². The molecule has 1 heterocycles. The van der Waals surface area contributed by atoms with Crippen molar-refractivity contribution < 1.29 is 18.0 Å². The summed E-state index contributed by atoms with van der Waals surface area (Å²) in [5.74, 6) is -2.59. The number of hydrogen-bond donors (Lipinski definition) is 1. The number of nitrogens with zero attached hydrogens (tertiary/aromatic N) is 1. The molecule has 1 aliphatic rings. The number of pyridine rings is 1. The minimum atomic E-state index is -0.871. The van der Waals surface area contributed by atoms with E-state index >= 15 is 0 Å². The van der Waals surface area contributed by atoms with Gasteiger partial charge in [0.05, 0.1) is 17.0 Å². The molecule has 1 amide bonds. The van der Waals surface area contributed by atoms with Crippen molar-refractivity contribution in [2.75, 3.05) is 0 Å². The molecule has 1 saturated carbocycles. The normalized spacial score (nSPS) is 14.6. The van der Waals surface area contributed by atoms with E-state index in [-0.39, 0.29) is 29.1 Å². The molecule has 1 fully saturated rings. The predicted molar refractivity (Wildman–Crippen MR) is 112 cm³/mol. The summed E-state index contributed by atoms with van der Waals surface area (Å²) >= 11 is 0. The van der Waals surface area contributed by atoms with Crippen LogP contribution in [-0.4, -0.2) is 10.5 Å². The lowest BCUT2D eigenvalue weighted by Crippen LogP contribution is -2.34. The van der Waals surface area contributed by atoms with Gasteiger partial charge in [-0.1, -0.05) is 19.1 Å². The Bertz CT molecular complexity index is 1230. The van der Waals surface area contributed by atoms with Crippen molar-refractivity contribution in [3.8, 4) is 0 Å². The minimum Gasteiger partial charge on any atom is -0.345 e. The van der Waals surface area contributed by atoms with Crippen molar-refractivity contribution in [3.63, 3.8) is 0 Å². The third-order valence-corrected chi connectivity index (χ3v) is 5.84. The van der Waals surface area contributed by atoms with Crippen molar-refractivity contribution in [1.29, 1.82) is 0 Å². The second-order valence-corrected chi connectivity index (χ2v) is 8.04. The van der Waals surface area contributed by atoms with Crippen LogP contribution in [0.3, 0.4) is 0 Å². The molecule has 7 heteroatoms. The van der Waals surface area contributed by atoms with Crippen molar-refractivity contribution in [2.24, 2.45) is 5.92 Å². The van der Waals surface area contributed by atoms with Gasteiger partial charge in [-0.05, 0) is 61.9 Å². The average Bonchev–Trinajstić information content (AvgIpc) is 3.57. The van der Waals surface area contributed by atoms with E-state index in [4.69, 9.17) is 0 Å². The molecule has 31 heavy (non-hydrogen) atoms. The van der Waals surface area contributed by atoms with Crippen molar-refractivity contribution in [3.05, 3.63) is 81.0 Å². The van der Waals surface area contributed by atoms with Crippen molar-refractivity contribution in [2.45, 2.75) is 45.7 Å². The number of carbonyl (C=O) groups excluding carboxylic acids is 1. The largest absolute Gasteiger partial charge is 0.345 e. The quantitative estimate of drug-likeness (QED) is 0.600. The molecule has 1 atom stereocenters. The second kappa shape index (κ2) is 8.21. The van der Waals surface area contributed by atoms with Gasteiger partial charge in [-0.3, -0.25) is 9.59 Å². The molecule has 0 spiro atoms. The molecule has 162 valence electrons. The van der Waals surface area contributed by atoms with E-state index in [9.17, 15) is 22.8 Å². The Morgan fingerprint density at radius 1 is 1.13 bits per heavy atom. The smallest absolute Gasteiger partial charge is 0.261 e. The molecule has 3 aromatic rings. The number of carbonyl (C=O) groups is 1. The van der Waals surface area contributed by atoms with Crippen molar-refractivity contribution >= 4 is 16.7 Å². The van der Waals surface area contributed by atoms with E-state index in [0.29, 0.717) is 12.0 Å². The van der Waals surface area contributed by atoms with Crippen LogP contribution in [0.5, 0.6) is 0 Å². The zero-order valence-electron chi connectivity index (χ0n) is 17.3. The highest BCUT2D eigenvalue weighted by Gasteiger charge is 2.35. The van der Waals surface area contributed by atoms with Gasteiger partial charge in [0, 0.05) is 17.6 Å². The third kappa shape index (κ3) is 3.84. The summed E-state index contributed by atoms with van der Waals surface area (Å²) in [6.45, 7) is 3.68. The highest BCUT2D eigenvalue weighted by atomic mass is 19.1. The maximum absolute atomic E-state index is 14.8. The summed E-state index contributed by atoms with van der Waals surface area (Å²) in [5, 5.41) is 2.15. The Morgan fingerprint density at radius 3 is 2.42 bits per heavy atom. The fourth-order valence-electron chi connectivity index (χ4n) is 4.20. The molecule has 1 N–H and O–H groups in total. The van der Waals surface area contributed by atoms with Crippen LogP contribution in [0.1, 0.15) is 53.8 Å². The Kier molecular flexibility index (Phi) is 5.60. The summed E-state index contributed by atoms with van der Waals surface area (Å²) in [4.78, 5) is 26.3. The molecule has 2 aromatic carbocycles. The summed E-state index contributed by atoms with van der Waals surface area (Å²) in [7, 11) is 0. The van der Waals surface area contributed by atoms with Gasteiger partial charge in [-0.25, -0.2) is 13.2 Å². The molecular formula is C24H23F3N2O2. The van der Waals surface area contributed by atoms with E-state index in [1.54, 1.807) is 19.1 Å². The first-order valence-electron chi connectivity index (χ1n) is 10.4. The van der Waals surface area contributed by atoms with Crippen LogP contribution in [-0.2, 0) is 6.54 Å². The Hall–Kier alpha value is -3.09. The zero-order chi connectivity index (χ0) is 22.3. The molecule has 0 bridgehead atoms. The van der Waals surface area contributed by atoms with Crippen LogP contribution >= 0.6 is 0 Å². The van der Waals surface area contributed by atoms with Crippen LogP contribution < -0.4 is 10.9 Å². The van der Waals surface area contributed by atoms with Crippen LogP contribution in [0, 0.1) is 30.3 Å². The van der Waals surface area contributed by atoms with E-state index in [0.717, 1.165) is 25.0 Å². The number of halogens is 3. The molecule has 4 nitrogen and oxygen atoms in total. The predicted octanol–water partition coefficient (Wildman–Crippen LogP) is 5.02. The lowest BCUT2D eigenvalue weighted by Gasteiger charge is -2.22. The number of nitrogens with one attached hydrogen (secondary N) is 1. The summed E-state index contributed by atoms with van der Waals surface area (Å²) < 4.78 is 44.5. The Balaban J connectivity index is 1.87. The third-order valence-electron chi connectivity index (χ3n) is 5.84. The molecule has 0 saturated heterocycles. The first kappa shape index (κ1) is 21.2. The van der Waals surface area contributed by atoms with E-state index in [1.807, 2.05) is 6.92 Å². The topological polar surface area (TPSA) is 51.1 Å². The van der Waals surface area contributed by atoms with Gasteiger partial charge in [0.25, 0.3) is 11.5 Å². The highest BCUT2D eigenvalue weighted by Crippen LogP contribution is 2.41. The van der Waals surface area contributed by atoms with Gasteiger partial charge in [0.1, 0.15) is 17.5 Å². The van der Waals surface area contributed by atoms with Gasteiger partial charge in [-0.15, -0.1) is 0 Å². The number of hydrogen-bond acceptors (Lipinski definition) is 2.